The number of hydrogen-bond acceptors (Lipinski definition) is 4. The third-order valence-corrected chi connectivity index (χ3v) is 8.23. The van der Waals surface area contributed by atoms with E-state index in [0.29, 0.717) is 27.7 Å². The second-order valence-electron chi connectivity index (χ2n) is 4.89. The van der Waals surface area contributed by atoms with E-state index in [9.17, 15) is 8.42 Å². The molecule has 0 spiro atoms. The lowest BCUT2D eigenvalue weighted by atomic mass is 10.1. The Morgan fingerprint density at radius 3 is 2.75 bits per heavy atom. The molecule has 114 valence electrons. The van der Waals surface area contributed by atoms with Crippen LogP contribution >= 0.6 is 38.9 Å². The van der Waals surface area contributed by atoms with Crippen LogP contribution in [0.2, 0.25) is 0 Å². The molecule has 1 aliphatic heterocycles. The molecule has 0 bridgehead atoms. The molecular formula is C12H18BrClN2O2S2. The second-order valence-corrected chi connectivity index (χ2v) is 9.52. The van der Waals surface area contributed by atoms with Crippen LogP contribution in [0.15, 0.2) is 14.7 Å². The maximum absolute atomic E-state index is 12.7. The van der Waals surface area contributed by atoms with E-state index in [1.165, 1.54) is 11.3 Å². The van der Waals surface area contributed by atoms with Crippen molar-refractivity contribution in [3.05, 3.63) is 14.7 Å². The minimum Gasteiger partial charge on any atom is -0.301 e. The minimum absolute atomic E-state index is 0.281. The summed E-state index contributed by atoms with van der Waals surface area (Å²) in [6.07, 6.45) is 0.945. The Bertz CT molecular complexity index is 576. The van der Waals surface area contributed by atoms with Crippen LogP contribution in [-0.4, -0.2) is 50.3 Å². The van der Waals surface area contributed by atoms with Gasteiger partial charge in [-0.25, -0.2) is 8.42 Å². The average Bonchev–Trinajstić information content (AvgIpc) is 2.81. The summed E-state index contributed by atoms with van der Waals surface area (Å²) >= 11 is 10.5. The van der Waals surface area contributed by atoms with Crippen molar-refractivity contribution in [2.24, 2.45) is 0 Å². The molecule has 20 heavy (non-hydrogen) atoms. The molecule has 2 heterocycles. The van der Waals surface area contributed by atoms with Crippen molar-refractivity contribution in [2.75, 3.05) is 26.7 Å². The Kier molecular flexibility index (Phi) is 5.53. The molecule has 1 unspecified atom stereocenters. The van der Waals surface area contributed by atoms with Gasteiger partial charge in [-0.3, -0.25) is 0 Å². The van der Waals surface area contributed by atoms with Gasteiger partial charge in [-0.15, -0.1) is 22.9 Å². The van der Waals surface area contributed by atoms with Crippen molar-refractivity contribution in [3.63, 3.8) is 0 Å². The van der Waals surface area contributed by atoms with Crippen LogP contribution in [0.4, 0.5) is 0 Å². The van der Waals surface area contributed by atoms with Crippen molar-refractivity contribution < 1.29 is 8.42 Å². The maximum Gasteiger partial charge on any atom is 0.245 e. The van der Waals surface area contributed by atoms with E-state index >= 15 is 0 Å². The second kappa shape index (κ2) is 6.62. The highest BCUT2D eigenvalue weighted by Crippen LogP contribution is 2.34. The molecule has 1 aromatic rings. The first-order valence-corrected chi connectivity index (χ1v) is 10.0. The Balaban J connectivity index is 2.28. The predicted octanol–water partition coefficient (Wildman–Crippen LogP) is 2.96. The van der Waals surface area contributed by atoms with Gasteiger partial charge in [0.05, 0.1) is 9.67 Å². The molecule has 0 aliphatic carbocycles. The van der Waals surface area contributed by atoms with Gasteiger partial charge in [-0.05, 0) is 35.5 Å². The van der Waals surface area contributed by atoms with Gasteiger partial charge in [-0.1, -0.05) is 6.92 Å². The van der Waals surface area contributed by atoms with Crippen LogP contribution in [0.3, 0.4) is 0 Å². The van der Waals surface area contributed by atoms with E-state index in [2.05, 4.69) is 27.8 Å². The van der Waals surface area contributed by atoms with E-state index in [4.69, 9.17) is 11.6 Å². The topological polar surface area (TPSA) is 40.6 Å². The maximum atomic E-state index is 12.7. The Labute approximate surface area is 137 Å². The van der Waals surface area contributed by atoms with Crippen molar-refractivity contribution in [1.82, 2.24) is 9.21 Å². The van der Waals surface area contributed by atoms with Crippen LogP contribution in [-0.2, 0) is 15.9 Å². The fraction of sp³-hybridized carbons (Fsp3) is 0.667. The zero-order chi connectivity index (χ0) is 14.9. The van der Waals surface area contributed by atoms with Crippen LogP contribution in [0.5, 0.6) is 0 Å². The zero-order valence-electron chi connectivity index (χ0n) is 11.5. The molecule has 1 aromatic heterocycles. The summed E-state index contributed by atoms with van der Waals surface area (Å²) < 4.78 is 27.7. The van der Waals surface area contributed by atoms with Gasteiger partial charge in [-0.2, -0.15) is 4.31 Å². The Morgan fingerprint density at radius 1 is 1.50 bits per heavy atom. The molecule has 2 rings (SSSR count). The van der Waals surface area contributed by atoms with E-state index in [1.807, 2.05) is 7.05 Å². The summed E-state index contributed by atoms with van der Waals surface area (Å²) in [5.41, 5.74) is 0. The fourth-order valence-electron chi connectivity index (χ4n) is 2.36. The van der Waals surface area contributed by atoms with E-state index in [1.54, 1.807) is 10.4 Å². The summed E-state index contributed by atoms with van der Waals surface area (Å²) in [5, 5.41) is 0. The fourth-order valence-corrected chi connectivity index (χ4v) is 6.55. The molecule has 1 fully saturated rings. The summed E-state index contributed by atoms with van der Waals surface area (Å²) in [6.45, 7) is 3.94. The third kappa shape index (κ3) is 3.23. The van der Waals surface area contributed by atoms with Gasteiger partial charge in [0.25, 0.3) is 0 Å². The van der Waals surface area contributed by atoms with Gasteiger partial charge in [0.15, 0.2) is 0 Å². The molecule has 0 radical (unpaired) electrons. The molecule has 8 heteroatoms. The number of alkyl halides is 1. The summed E-state index contributed by atoms with van der Waals surface area (Å²) in [4.78, 5) is 3.43. The van der Waals surface area contributed by atoms with Gasteiger partial charge >= 0.3 is 0 Å². The smallest absolute Gasteiger partial charge is 0.245 e. The summed E-state index contributed by atoms with van der Waals surface area (Å²) in [7, 11) is -1.39. The highest BCUT2D eigenvalue weighted by atomic mass is 79.9. The number of nitrogens with zero attached hydrogens (tertiary/aromatic N) is 2. The number of piperazine rings is 1. The Morgan fingerprint density at radius 2 is 2.20 bits per heavy atom. The van der Waals surface area contributed by atoms with Crippen molar-refractivity contribution in [3.8, 4) is 0 Å². The lowest BCUT2D eigenvalue weighted by molar-refractivity contribution is 0.144. The van der Waals surface area contributed by atoms with Crippen molar-refractivity contribution in [1.29, 1.82) is 0 Å². The predicted molar refractivity (Wildman–Crippen MR) is 87.0 cm³/mol. The van der Waals surface area contributed by atoms with E-state index in [0.717, 1.165) is 17.8 Å². The van der Waals surface area contributed by atoms with Gasteiger partial charge in [0, 0.05) is 30.6 Å². The molecule has 4 nitrogen and oxygen atoms in total. The Hall–Kier alpha value is 0.340. The van der Waals surface area contributed by atoms with Crippen molar-refractivity contribution in [2.45, 2.75) is 30.2 Å². The standard InChI is InChI=1S/C12H18BrClN2O2S2/c1-3-9-8-16(5-4-15(9)2)20(17,18)11-6-10(7-14)19-12(11)13/h6,9H,3-5,7-8H2,1-2H3. The molecule has 1 aliphatic rings. The minimum atomic E-state index is -3.44. The highest BCUT2D eigenvalue weighted by Gasteiger charge is 2.33. The highest BCUT2D eigenvalue weighted by molar-refractivity contribution is 9.11. The number of rotatable bonds is 4. The van der Waals surface area contributed by atoms with Crippen molar-refractivity contribution >= 4 is 48.9 Å². The molecule has 0 aromatic carbocycles. The first-order chi connectivity index (χ1) is 9.40. The monoisotopic (exact) mass is 400 g/mol. The number of hydrogen-bond donors (Lipinski definition) is 0. The molecule has 1 saturated heterocycles. The summed E-state index contributed by atoms with van der Waals surface area (Å²) in [6, 6.07) is 1.96. The van der Waals surface area contributed by atoms with Crippen LogP contribution in [0, 0.1) is 0 Å². The molecule has 0 N–H and O–H groups in total. The van der Waals surface area contributed by atoms with Crippen LogP contribution in [0.25, 0.3) is 0 Å². The lowest BCUT2D eigenvalue weighted by Gasteiger charge is -2.38. The SMILES string of the molecule is CCC1CN(S(=O)(=O)c2cc(CCl)sc2Br)CCN1C. The first-order valence-electron chi connectivity index (χ1n) is 6.44. The molecule has 0 amide bonds. The normalized spacial score (nSPS) is 22.3. The number of halogens is 2. The number of likely N-dealkylation sites (N-methyl/N-ethyl adjacent to an activating group) is 1. The quantitative estimate of drug-likeness (QED) is 0.728. The number of sulfonamides is 1. The van der Waals surface area contributed by atoms with Gasteiger partial charge < -0.3 is 4.90 Å². The molecule has 1 atom stereocenters. The van der Waals surface area contributed by atoms with Gasteiger partial charge in [0.2, 0.25) is 10.0 Å². The van der Waals surface area contributed by atoms with Crippen LogP contribution < -0.4 is 0 Å². The third-order valence-electron chi connectivity index (χ3n) is 3.67. The number of thiophene rings is 1. The largest absolute Gasteiger partial charge is 0.301 e. The lowest BCUT2D eigenvalue weighted by Crippen LogP contribution is -2.52. The molecule has 0 saturated carbocycles. The zero-order valence-corrected chi connectivity index (χ0v) is 15.4. The van der Waals surface area contributed by atoms with Gasteiger partial charge in [0.1, 0.15) is 4.90 Å². The average molecular weight is 402 g/mol. The first kappa shape index (κ1) is 16.7. The van der Waals surface area contributed by atoms with E-state index < -0.39 is 10.0 Å². The van der Waals surface area contributed by atoms with E-state index in [-0.39, 0.29) is 6.04 Å². The molecular weight excluding hydrogens is 384 g/mol. The van der Waals surface area contributed by atoms with Crippen LogP contribution in [0.1, 0.15) is 18.2 Å². The summed E-state index contributed by atoms with van der Waals surface area (Å²) in [5.74, 6) is 0.332.